The number of aliphatic carboxylic acids is 1. The van der Waals surface area contributed by atoms with Gasteiger partial charge in [-0.2, -0.15) is 0 Å². The molecule has 0 aliphatic rings. The summed E-state index contributed by atoms with van der Waals surface area (Å²) in [5, 5.41) is 11.2. The summed E-state index contributed by atoms with van der Waals surface area (Å²) in [6.07, 6.45) is -0.0547. The monoisotopic (exact) mass is 292 g/mol. The topological polar surface area (TPSA) is 69.6 Å². The zero-order valence-electron chi connectivity index (χ0n) is 9.49. The first-order valence-electron chi connectivity index (χ1n) is 4.94. The van der Waals surface area contributed by atoms with Crippen molar-refractivity contribution in [2.24, 2.45) is 0 Å². The molecule has 6 heteroatoms. The molecule has 0 aromatic heterocycles. The number of rotatable bonds is 6. The highest BCUT2D eigenvalue weighted by Gasteiger charge is 2.17. The fourth-order valence-corrected chi connectivity index (χ4v) is 1.22. The Kier molecular flexibility index (Phi) is 6.80. The predicted molar refractivity (Wildman–Crippen MR) is 65.6 cm³/mol. The normalized spacial score (nSPS) is 10.0. The first-order valence-corrected chi connectivity index (χ1v) is 5.73. The van der Waals surface area contributed by atoms with E-state index >= 15 is 0 Å². The number of hydrogen-bond acceptors (Lipinski definition) is 2. The van der Waals surface area contributed by atoms with Gasteiger partial charge >= 0.3 is 12.0 Å². The number of halogens is 1. The van der Waals surface area contributed by atoms with E-state index in [1.165, 1.54) is 4.90 Å². The Labute approximate surface area is 104 Å². The summed E-state index contributed by atoms with van der Waals surface area (Å²) in [7, 11) is 0. The number of urea groups is 1. The number of nitrogens with one attached hydrogen (secondary N) is 1. The van der Waals surface area contributed by atoms with E-state index in [1.807, 2.05) is 13.8 Å². The molecule has 0 saturated heterocycles. The maximum atomic E-state index is 11.7. The third-order valence-corrected chi connectivity index (χ3v) is 2.16. The molecule has 0 spiro atoms. The summed E-state index contributed by atoms with van der Waals surface area (Å²) >= 11 is 3.13. The second-order valence-corrected chi connectivity index (χ2v) is 4.73. The molecule has 2 N–H and O–H groups in total. The zero-order valence-corrected chi connectivity index (χ0v) is 11.1. The Hall–Kier alpha value is -1.04. The van der Waals surface area contributed by atoms with E-state index in [4.69, 9.17) is 5.11 Å². The highest BCUT2D eigenvalue weighted by atomic mass is 79.9. The minimum absolute atomic E-state index is 0.0389. The van der Waals surface area contributed by atoms with Crippen LogP contribution in [0.25, 0.3) is 0 Å². The highest BCUT2D eigenvalue weighted by molar-refractivity contribution is 9.11. The number of carbonyl (C=O) groups excluding carboxylic acids is 1. The lowest BCUT2D eigenvalue weighted by Crippen LogP contribution is -2.45. The van der Waals surface area contributed by atoms with Gasteiger partial charge in [-0.05, 0) is 13.8 Å². The molecule has 0 aromatic rings. The van der Waals surface area contributed by atoms with Crippen molar-refractivity contribution in [2.75, 3.05) is 13.1 Å². The molecule has 0 fully saturated rings. The molecule has 92 valence electrons. The van der Waals surface area contributed by atoms with Crippen molar-refractivity contribution < 1.29 is 14.7 Å². The lowest BCUT2D eigenvalue weighted by atomic mass is 10.3. The van der Waals surface area contributed by atoms with Gasteiger partial charge in [0.2, 0.25) is 0 Å². The van der Waals surface area contributed by atoms with Crippen molar-refractivity contribution in [3.8, 4) is 0 Å². The van der Waals surface area contributed by atoms with Crippen molar-refractivity contribution in [2.45, 2.75) is 26.3 Å². The lowest BCUT2D eigenvalue weighted by Gasteiger charge is -2.26. The largest absolute Gasteiger partial charge is 0.481 e. The van der Waals surface area contributed by atoms with Crippen LogP contribution < -0.4 is 5.32 Å². The van der Waals surface area contributed by atoms with E-state index in [0.717, 1.165) is 0 Å². The van der Waals surface area contributed by atoms with Crippen molar-refractivity contribution in [3.63, 3.8) is 0 Å². The van der Waals surface area contributed by atoms with Crippen LogP contribution in [0.5, 0.6) is 0 Å². The van der Waals surface area contributed by atoms with Crippen molar-refractivity contribution in [1.82, 2.24) is 10.2 Å². The van der Waals surface area contributed by atoms with Crippen molar-refractivity contribution >= 4 is 27.9 Å². The zero-order chi connectivity index (χ0) is 12.7. The molecule has 0 rings (SSSR count). The van der Waals surface area contributed by atoms with E-state index in [0.29, 0.717) is 11.0 Å². The minimum Gasteiger partial charge on any atom is -0.481 e. The van der Waals surface area contributed by atoms with Gasteiger partial charge in [0.25, 0.3) is 0 Å². The standard InChI is InChI=1S/C10H17BrN2O3/c1-7(2)13(5-4-9(14)15)10(16)12-6-8(3)11/h7H,3-6H2,1-2H3,(H,12,16)(H,14,15). The molecule has 0 heterocycles. The fraction of sp³-hybridized carbons (Fsp3) is 0.600. The number of nitrogens with zero attached hydrogens (tertiary/aromatic N) is 1. The van der Waals surface area contributed by atoms with Crippen LogP contribution in [0.15, 0.2) is 11.1 Å². The van der Waals surface area contributed by atoms with Crippen LogP contribution in [0.4, 0.5) is 4.79 Å². The third-order valence-electron chi connectivity index (χ3n) is 1.88. The Morgan fingerprint density at radius 2 is 2.06 bits per heavy atom. The minimum atomic E-state index is -0.914. The Balaban J connectivity index is 4.24. The Morgan fingerprint density at radius 1 is 1.50 bits per heavy atom. The smallest absolute Gasteiger partial charge is 0.317 e. The number of hydrogen-bond donors (Lipinski definition) is 2. The van der Waals surface area contributed by atoms with Gasteiger partial charge in [0.05, 0.1) is 13.0 Å². The number of carbonyl (C=O) groups is 2. The fourth-order valence-electron chi connectivity index (χ4n) is 1.08. The molecule has 0 atom stereocenters. The van der Waals surface area contributed by atoms with Crippen LogP contribution in [-0.2, 0) is 4.79 Å². The van der Waals surface area contributed by atoms with E-state index in [1.54, 1.807) is 0 Å². The Morgan fingerprint density at radius 3 is 2.44 bits per heavy atom. The highest BCUT2D eigenvalue weighted by Crippen LogP contribution is 2.02. The third kappa shape index (κ3) is 6.44. The first-order chi connectivity index (χ1) is 7.34. The molecule has 0 bridgehead atoms. The van der Waals surface area contributed by atoms with Gasteiger partial charge in [0.15, 0.2) is 0 Å². The van der Waals surface area contributed by atoms with Crippen LogP contribution in [0.1, 0.15) is 20.3 Å². The van der Waals surface area contributed by atoms with Crippen molar-refractivity contribution in [1.29, 1.82) is 0 Å². The molecule has 0 radical (unpaired) electrons. The molecular weight excluding hydrogens is 276 g/mol. The van der Waals surface area contributed by atoms with Gasteiger partial charge in [-0.1, -0.05) is 22.5 Å². The molecule has 0 aliphatic heterocycles. The van der Waals surface area contributed by atoms with Crippen LogP contribution in [0, 0.1) is 0 Å². The van der Waals surface area contributed by atoms with Gasteiger partial charge in [-0.25, -0.2) is 4.79 Å². The van der Waals surface area contributed by atoms with Crippen LogP contribution >= 0.6 is 15.9 Å². The lowest BCUT2D eigenvalue weighted by molar-refractivity contribution is -0.137. The summed E-state index contributed by atoms with van der Waals surface area (Å²) < 4.78 is 0.669. The molecule has 0 aromatic carbocycles. The summed E-state index contributed by atoms with van der Waals surface area (Å²) in [5.41, 5.74) is 0. The Bertz CT molecular complexity index is 279. The van der Waals surface area contributed by atoms with Gasteiger partial charge in [0.1, 0.15) is 0 Å². The van der Waals surface area contributed by atoms with Crippen LogP contribution in [0.2, 0.25) is 0 Å². The molecule has 5 nitrogen and oxygen atoms in total. The summed E-state index contributed by atoms with van der Waals surface area (Å²) in [5.74, 6) is -0.914. The van der Waals surface area contributed by atoms with Gasteiger partial charge in [0, 0.05) is 17.1 Å². The van der Waals surface area contributed by atoms with Crippen LogP contribution in [0.3, 0.4) is 0 Å². The number of carboxylic acid groups (broad SMARTS) is 1. The molecule has 16 heavy (non-hydrogen) atoms. The van der Waals surface area contributed by atoms with Gasteiger partial charge in [-0.15, -0.1) is 0 Å². The maximum absolute atomic E-state index is 11.7. The van der Waals surface area contributed by atoms with E-state index in [-0.39, 0.29) is 25.0 Å². The molecular formula is C10H17BrN2O3. The van der Waals surface area contributed by atoms with Gasteiger partial charge < -0.3 is 15.3 Å². The number of amides is 2. The average molecular weight is 293 g/mol. The molecule has 0 aliphatic carbocycles. The van der Waals surface area contributed by atoms with E-state index in [2.05, 4.69) is 27.8 Å². The second-order valence-electron chi connectivity index (χ2n) is 3.61. The van der Waals surface area contributed by atoms with E-state index < -0.39 is 5.97 Å². The molecule has 2 amide bonds. The van der Waals surface area contributed by atoms with Crippen LogP contribution in [-0.4, -0.2) is 41.1 Å². The first kappa shape index (κ1) is 15.0. The summed E-state index contributed by atoms with van der Waals surface area (Å²) in [6.45, 7) is 7.80. The second kappa shape index (κ2) is 7.27. The molecule has 0 saturated carbocycles. The summed E-state index contributed by atoms with van der Waals surface area (Å²) in [4.78, 5) is 23.6. The average Bonchev–Trinajstić information content (AvgIpc) is 2.13. The SMILES string of the molecule is C=C(Br)CNC(=O)N(CCC(=O)O)C(C)C. The molecule has 0 unspecified atom stereocenters. The maximum Gasteiger partial charge on any atom is 0.317 e. The van der Waals surface area contributed by atoms with E-state index in [9.17, 15) is 9.59 Å². The predicted octanol–water partition coefficient (Wildman–Crippen LogP) is 1.79. The van der Waals surface area contributed by atoms with Gasteiger partial charge in [-0.3, -0.25) is 4.79 Å². The number of carboxylic acids is 1. The summed E-state index contributed by atoms with van der Waals surface area (Å²) in [6, 6.07) is -0.320. The van der Waals surface area contributed by atoms with Crippen molar-refractivity contribution in [3.05, 3.63) is 11.1 Å². The quantitative estimate of drug-likeness (QED) is 0.784.